The summed E-state index contributed by atoms with van der Waals surface area (Å²) in [5.41, 5.74) is 5.55. The van der Waals surface area contributed by atoms with Gasteiger partial charge in [-0.1, -0.05) is 6.92 Å². The molecule has 4 nitrogen and oxygen atoms in total. The maximum atomic E-state index is 10.6. The van der Waals surface area contributed by atoms with Crippen LogP contribution in [-0.4, -0.2) is 35.7 Å². The molecule has 2 atom stereocenters. The van der Waals surface area contributed by atoms with Gasteiger partial charge in [0.25, 0.3) is 0 Å². The maximum absolute atomic E-state index is 10.6. The van der Waals surface area contributed by atoms with Gasteiger partial charge in [-0.25, -0.2) is 4.79 Å². The van der Waals surface area contributed by atoms with Crippen molar-refractivity contribution in [3.8, 4) is 0 Å². The Kier molecular flexibility index (Phi) is 2.92. The number of nitrogens with two attached hydrogens (primary N) is 1. The summed E-state index contributed by atoms with van der Waals surface area (Å²) in [4.78, 5) is 12.1. The number of rotatable bonds is 1. The standard InChI is InChI=1S/C8H16N2O2/c1-6-5-10(8(11)12)3-2-7(6)4-9/h6-7H,2-5,9H2,1H3,(H,11,12)/t6-,7-/m1/s1. The molecule has 4 heteroatoms. The van der Waals surface area contributed by atoms with Crippen molar-refractivity contribution in [3.05, 3.63) is 0 Å². The number of hydrogen-bond acceptors (Lipinski definition) is 2. The van der Waals surface area contributed by atoms with Crippen LogP contribution in [0, 0.1) is 11.8 Å². The molecule has 0 bridgehead atoms. The first-order valence-corrected chi connectivity index (χ1v) is 4.33. The lowest BCUT2D eigenvalue weighted by molar-refractivity contribution is 0.103. The van der Waals surface area contributed by atoms with Crippen LogP contribution < -0.4 is 5.73 Å². The zero-order valence-corrected chi connectivity index (χ0v) is 7.36. The van der Waals surface area contributed by atoms with Crippen LogP contribution in [0.1, 0.15) is 13.3 Å². The molecule has 0 spiro atoms. The summed E-state index contributed by atoms with van der Waals surface area (Å²) < 4.78 is 0. The fourth-order valence-electron chi connectivity index (χ4n) is 1.72. The number of likely N-dealkylation sites (tertiary alicyclic amines) is 1. The molecule has 1 amide bonds. The summed E-state index contributed by atoms with van der Waals surface area (Å²) in [5.74, 6) is 0.903. The zero-order chi connectivity index (χ0) is 9.14. The van der Waals surface area contributed by atoms with Crippen LogP contribution in [-0.2, 0) is 0 Å². The molecular formula is C8H16N2O2. The van der Waals surface area contributed by atoms with Gasteiger partial charge in [0.15, 0.2) is 0 Å². The normalized spacial score (nSPS) is 30.3. The molecule has 0 saturated carbocycles. The fourth-order valence-corrected chi connectivity index (χ4v) is 1.72. The summed E-state index contributed by atoms with van der Waals surface area (Å²) in [6, 6.07) is 0. The third-order valence-corrected chi connectivity index (χ3v) is 2.66. The molecule has 1 rings (SSSR count). The molecule has 1 aliphatic rings. The summed E-state index contributed by atoms with van der Waals surface area (Å²) >= 11 is 0. The average Bonchev–Trinajstić information content (AvgIpc) is 2.04. The molecule has 0 aliphatic carbocycles. The monoisotopic (exact) mass is 172 g/mol. The summed E-state index contributed by atoms with van der Waals surface area (Å²) in [7, 11) is 0. The Morgan fingerprint density at radius 1 is 1.75 bits per heavy atom. The van der Waals surface area contributed by atoms with E-state index in [0.29, 0.717) is 31.5 Å². The number of carboxylic acid groups (broad SMARTS) is 1. The van der Waals surface area contributed by atoms with Gasteiger partial charge in [0.05, 0.1) is 0 Å². The van der Waals surface area contributed by atoms with Crippen LogP contribution in [0.15, 0.2) is 0 Å². The second-order valence-electron chi connectivity index (χ2n) is 3.49. The van der Waals surface area contributed by atoms with E-state index in [4.69, 9.17) is 10.8 Å². The van der Waals surface area contributed by atoms with Crippen LogP contribution in [0.2, 0.25) is 0 Å². The van der Waals surface area contributed by atoms with E-state index >= 15 is 0 Å². The molecular weight excluding hydrogens is 156 g/mol. The largest absolute Gasteiger partial charge is 0.465 e. The van der Waals surface area contributed by atoms with Crippen molar-refractivity contribution in [2.24, 2.45) is 17.6 Å². The van der Waals surface area contributed by atoms with Gasteiger partial charge < -0.3 is 15.7 Å². The van der Waals surface area contributed by atoms with E-state index in [9.17, 15) is 4.79 Å². The third-order valence-electron chi connectivity index (χ3n) is 2.66. The van der Waals surface area contributed by atoms with Gasteiger partial charge in [0.1, 0.15) is 0 Å². The topological polar surface area (TPSA) is 66.6 Å². The quantitative estimate of drug-likeness (QED) is 0.608. The first-order valence-electron chi connectivity index (χ1n) is 4.33. The Labute approximate surface area is 72.3 Å². The van der Waals surface area contributed by atoms with E-state index in [-0.39, 0.29) is 0 Å². The Hall–Kier alpha value is -0.770. The summed E-state index contributed by atoms with van der Waals surface area (Å²) in [5, 5.41) is 8.71. The molecule has 1 saturated heterocycles. The molecule has 1 fully saturated rings. The van der Waals surface area contributed by atoms with Crippen LogP contribution in [0.5, 0.6) is 0 Å². The highest BCUT2D eigenvalue weighted by atomic mass is 16.4. The predicted octanol–water partition coefficient (Wildman–Crippen LogP) is 0.581. The lowest BCUT2D eigenvalue weighted by Gasteiger charge is -2.34. The predicted molar refractivity (Wildman–Crippen MR) is 45.9 cm³/mol. The van der Waals surface area contributed by atoms with Gasteiger partial charge in [0.2, 0.25) is 0 Å². The second kappa shape index (κ2) is 3.76. The van der Waals surface area contributed by atoms with E-state index < -0.39 is 6.09 Å². The number of nitrogens with zero attached hydrogens (tertiary/aromatic N) is 1. The molecule has 0 aromatic rings. The average molecular weight is 172 g/mol. The Bertz CT molecular complexity index is 172. The van der Waals surface area contributed by atoms with Gasteiger partial charge >= 0.3 is 6.09 Å². The van der Waals surface area contributed by atoms with Crippen molar-refractivity contribution >= 4 is 6.09 Å². The van der Waals surface area contributed by atoms with Crippen molar-refractivity contribution in [3.63, 3.8) is 0 Å². The zero-order valence-electron chi connectivity index (χ0n) is 7.36. The van der Waals surface area contributed by atoms with E-state index in [2.05, 4.69) is 6.92 Å². The van der Waals surface area contributed by atoms with Gasteiger partial charge in [-0.05, 0) is 24.8 Å². The number of hydrogen-bond donors (Lipinski definition) is 2. The molecule has 0 radical (unpaired) electrons. The highest BCUT2D eigenvalue weighted by Crippen LogP contribution is 2.21. The van der Waals surface area contributed by atoms with Crippen molar-refractivity contribution < 1.29 is 9.90 Å². The van der Waals surface area contributed by atoms with E-state index in [1.54, 1.807) is 0 Å². The van der Waals surface area contributed by atoms with Crippen molar-refractivity contribution in [1.82, 2.24) is 4.90 Å². The Balaban J connectivity index is 2.46. The number of amides is 1. The first kappa shape index (κ1) is 9.32. The van der Waals surface area contributed by atoms with Gasteiger partial charge in [-0.15, -0.1) is 0 Å². The van der Waals surface area contributed by atoms with Gasteiger partial charge in [0, 0.05) is 13.1 Å². The highest BCUT2D eigenvalue weighted by molar-refractivity contribution is 5.65. The summed E-state index contributed by atoms with van der Waals surface area (Å²) in [6.45, 7) is 4.01. The molecule has 0 aromatic carbocycles. The molecule has 0 aromatic heterocycles. The lowest BCUT2D eigenvalue weighted by atomic mass is 9.87. The minimum Gasteiger partial charge on any atom is -0.465 e. The molecule has 12 heavy (non-hydrogen) atoms. The van der Waals surface area contributed by atoms with Crippen LogP contribution in [0.4, 0.5) is 4.79 Å². The number of piperidine rings is 1. The number of carbonyl (C=O) groups is 1. The van der Waals surface area contributed by atoms with Crippen molar-refractivity contribution in [2.45, 2.75) is 13.3 Å². The van der Waals surface area contributed by atoms with Gasteiger partial charge in [-0.2, -0.15) is 0 Å². The third kappa shape index (κ3) is 1.88. The minimum atomic E-state index is -0.808. The molecule has 1 heterocycles. The van der Waals surface area contributed by atoms with Crippen LogP contribution >= 0.6 is 0 Å². The van der Waals surface area contributed by atoms with Crippen LogP contribution in [0.3, 0.4) is 0 Å². The fraction of sp³-hybridized carbons (Fsp3) is 0.875. The molecule has 70 valence electrons. The lowest BCUT2D eigenvalue weighted by Crippen LogP contribution is -2.44. The van der Waals surface area contributed by atoms with E-state index in [0.717, 1.165) is 6.42 Å². The SMILES string of the molecule is C[C@@H]1CN(C(=O)O)CC[C@@H]1CN. The van der Waals surface area contributed by atoms with Crippen molar-refractivity contribution in [2.75, 3.05) is 19.6 Å². The molecule has 0 unspecified atom stereocenters. The second-order valence-corrected chi connectivity index (χ2v) is 3.49. The smallest absolute Gasteiger partial charge is 0.407 e. The van der Waals surface area contributed by atoms with Crippen molar-refractivity contribution in [1.29, 1.82) is 0 Å². The summed E-state index contributed by atoms with van der Waals surface area (Å²) in [6.07, 6.45) is 0.0987. The van der Waals surface area contributed by atoms with Gasteiger partial charge in [-0.3, -0.25) is 0 Å². The Morgan fingerprint density at radius 2 is 2.42 bits per heavy atom. The Morgan fingerprint density at radius 3 is 2.83 bits per heavy atom. The minimum absolute atomic E-state index is 0.403. The van der Waals surface area contributed by atoms with Crippen LogP contribution in [0.25, 0.3) is 0 Å². The molecule has 1 aliphatic heterocycles. The highest BCUT2D eigenvalue weighted by Gasteiger charge is 2.27. The van der Waals surface area contributed by atoms with E-state index in [1.807, 2.05) is 0 Å². The first-order chi connectivity index (χ1) is 5.65. The van der Waals surface area contributed by atoms with E-state index in [1.165, 1.54) is 4.90 Å². The molecule has 3 N–H and O–H groups in total. The maximum Gasteiger partial charge on any atom is 0.407 e.